The number of ether oxygens (including phenoxy) is 2. The van der Waals surface area contributed by atoms with E-state index in [0.29, 0.717) is 6.61 Å². The van der Waals surface area contributed by atoms with E-state index in [4.69, 9.17) is 9.47 Å². The number of hydrogen-bond acceptors (Lipinski definition) is 4. The van der Waals surface area contributed by atoms with Gasteiger partial charge in [0.15, 0.2) is 0 Å². The molecule has 1 aliphatic rings. The van der Waals surface area contributed by atoms with Crippen molar-refractivity contribution >= 4 is 6.09 Å². The average Bonchev–Trinajstić information content (AvgIpc) is 2.34. The summed E-state index contributed by atoms with van der Waals surface area (Å²) < 4.78 is 11.0. The molecule has 2 unspecified atom stereocenters. The summed E-state index contributed by atoms with van der Waals surface area (Å²) in [5.74, 6) is 5.95. The van der Waals surface area contributed by atoms with Crippen molar-refractivity contribution in [1.29, 1.82) is 0 Å². The third-order valence-electron chi connectivity index (χ3n) is 2.96. The zero-order valence-electron chi connectivity index (χ0n) is 13.2. The Morgan fingerprint density at radius 1 is 1.55 bits per heavy atom. The fraction of sp³-hybridized carbons (Fsp3) is 0.800. The van der Waals surface area contributed by atoms with Crippen LogP contribution in [0.3, 0.4) is 0 Å². The molecule has 0 radical (unpaired) electrons. The summed E-state index contributed by atoms with van der Waals surface area (Å²) in [5, 5.41) is 2.83. The second-order valence-electron chi connectivity index (χ2n) is 6.01. The smallest absolute Gasteiger partial charge is 0.407 e. The summed E-state index contributed by atoms with van der Waals surface area (Å²) in [6, 6.07) is -0.0952. The summed E-state index contributed by atoms with van der Waals surface area (Å²) in [7, 11) is 0. The minimum Gasteiger partial charge on any atom is -0.444 e. The summed E-state index contributed by atoms with van der Waals surface area (Å²) in [4.78, 5) is 14.0. The van der Waals surface area contributed by atoms with Crippen LogP contribution in [0.1, 0.15) is 34.6 Å². The van der Waals surface area contributed by atoms with Crippen LogP contribution in [0.15, 0.2) is 0 Å². The van der Waals surface area contributed by atoms with Gasteiger partial charge in [-0.1, -0.05) is 5.92 Å². The fourth-order valence-electron chi connectivity index (χ4n) is 1.95. The van der Waals surface area contributed by atoms with Crippen molar-refractivity contribution in [1.82, 2.24) is 10.2 Å². The van der Waals surface area contributed by atoms with Crippen molar-refractivity contribution in [3.8, 4) is 11.8 Å². The molecule has 0 spiro atoms. The lowest BCUT2D eigenvalue weighted by molar-refractivity contribution is -0.0410. The van der Waals surface area contributed by atoms with E-state index in [2.05, 4.69) is 22.1 Å². The van der Waals surface area contributed by atoms with E-state index in [1.54, 1.807) is 0 Å². The Balaban J connectivity index is 2.43. The Morgan fingerprint density at radius 2 is 2.25 bits per heavy atom. The van der Waals surface area contributed by atoms with Gasteiger partial charge in [-0.05, 0) is 34.6 Å². The lowest BCUT2D eigenvalue weighted by atomic mass is 10.1. The van der Waals surface area contributed by atoms with Gasteiger partial charge in [-0.2, -0.15) is 0 Å². The molecule has 0 aromatic rings. The molecular weight excluding hydrogens is 256 g/mol. The van der Waals surface area contributed by atoms with Crippen LogP contribution in [0.4, 0.5) is 4.79 Å². The standard InChI is InChI=1S/C15H26N2O3/c1-6-7-8-17-9-10-19-13(11-17)12(2)16-14(18)20-15(3,4)5/h12-13H,8-11H2,1-5H3,(H,16,18). The van der Waals surface area contributed by atoms with Crippen molar-refractivity contribution in [3.05, 3.63) is 0 Å². The molecule has 114 valence electrons. The van der Waals surface area contributed by atoms with E-state index in [1.165, 1.54) is 0 Å². The molecule has 2 atom stereocenters. The second-order valence-corrected chi connectivity index (χ2v) is 6.01. The average molecular weight is 282 g/mol. The van der Waals surface area contributed by atoms with E-state index in [-0.39, 0.29) is 12.1 Å². The minimum absolute atomic E-state index is 0.0325. The van der Waals surface area contributed by atoms with Crippen LogP contribution in [0.25, 0.3) is 0 Å². The third-order valence-corrected chi connectivity index (χ3v) is 2.96. The zero-order chi connectivity index (χ0) is 15.2. The number of carbonyl (C=O) groups excluding carboxylic acids is 1. The maximum absolute atomic E-state index is 11.7. The molecule has 5 nitrogen and oxygen atoms in total. The molecule has 1 rings (SSSR count). The first kappa shape index (κ1) is 16.8. The molecule has 0 saturated carbocycles. The van der Waals surface area contributed by atoms with Crippen LogP contribution in [-0.4, -0.2) is 55.0 Å². The molecule has 5 heteroatoms. The highest BCUT2D eigenvalue weighted by molar-refractivity contribution is 5.68. The van der Waals surface area contributed by atoms with Gasteiger partial charge in [-0.25, -0.2) is 4.79 Å². The lowest BCUT2D eigenvalue weighted by Gasteiger charge is -2.35. The Bertz CT molecular complexity index is 379. The molecular formula is C15H26N2O3. The number of hydrogen-bond donors (Lipinski definition) is 1. The number of nitrogens with one attached hydrogen (secondary N) is 1. The lowest BCUT2D eigenvalue weighted by Crippen LogP contribution is -2.52. The fourth-order valence-corrected chi connectivity index (χ4v) is 1.95. The highest BCUT2D eigenvalue weighted by atomic mass is 16.6. The van der Waals surface area contributed by atoms with Gasteiger partial charge in [0.1, 0.15) is 5.60 Å². The number of carbonyl (C=O) groups is 1. The van der Waals surface area contributed by atoms with E-state index in [1.807, 2.05) is 34.6 Å². The van der Waals surface area contributed by atoms with E-state index >= 15 is 0 Å². The first-order valence-electron chi connectivity index (χ1n) is 7.05. The molecule has 0 aliphatic carbocycles. The molecule has 1 saturated heterocycles. The van der Waals surface area contributed by atoms with Gasteiger partial charge in [0.05, 0.1) is 25.3 Å². The number of rotatable bonds is 3. The van der Waals surface area contributed by atoms with Crippen LogP contribution in [0.2, 0.25) is 0 Å². The Hall–Kier alpha value is -1.25. The maximum atomic E-state index is 11.7. The number of alkyl carbamates (subject to hydrolysis) is 1. The predicted octanol–water partition coefficient (Wildman–Crippen LogP) is 1.62. The first-order valence-corrected chi connectivity index (χ1v) is 7.05. The number of nitrogens with zero attached hydrogens (tertiary/aromatic N) is 1. The molecule has 1 heterocycles. The predicted molar refractivity (Wildman–Crippen MR) is 78.5 cm³/mol. The van der Waals surface area contributed by atoms with Gasteiger partial charge < -0.3 is 14.8 Å². The zero-order valence-corrected chi connectivity index (χ0v) is 13.2. The monoisotopic (exact) mass is 282 g/mol. The highest BCUT2D eigenvalue weighted by Crippen LogP contribution is 2.11. The quantitative estimate of drug-likeness (QED) is 0.799. The van der Waals surface area contributed by atoms with E-state index < -0.39 is 11.7 Å². The molecule has 0 aromatic heterocycles. The van der Waals surface area contributed by atoms with Gasteiger partial charge in [-0.3, -0.25) is 4.90 Å². The van der Waals surface area contributed by atoms with Crippen LogP contribution in [0, 0.1) is 11.8 Å². The molecule has 20 heavy (non-hydrogen) atoms. The molecule has 0 bridgehead atoms. The first-order chi connectivity index (χ1) is 9.31. The summed E-state index contributed by atoms with van der Waals surface area (Å²) >= 11 is 0. The van der Waals surface area contributed by atoms with E-state index in [0.717, 1.165) is 19.6 Å². The van der Waals surface area contributed by atoms with Crippen LogP contribution < -0.4 is 5.32 Å². The summed E-state index contributed by atoms with van der Waals surface area (Å²) in [6.07, 6.45) is -0.436. The Morgan fingerprint density at radius 3 is 2.85 bits per heavy atom. The topological polar surface area (TPSA) is 50.8 Å². The largest absolute Gasteiger partial charge is 0.444 e. The van der Waals surface area contributed by atoms with Crippen molar-refractivity contribution in [2.45, 2.75) is 52.4 Å². The van der Waals surface area contributed by atoms with Crippen LogP contribution in [-0.2, 0) is 9.47 Å². The van der Waals surface area contributed by atoms with Gasteiger partial charge >= 0.3 is 6.09 Å². The maximum Gasteiger partial charge on any atom is 0.407 e. The number of morpholine rings is 1. The molecule has 1 fully saturated rings. The Kier molecular flexibility index (Phi) is 6.31. The molecule has 1 aliphatic heterocycles. The highest BCUT2D eigenvalue weighted by Gasteiger charge is 2.27. The molecule has 1 N–H and O–H groups in total. The van der Waals surface area contributed by atoms with Crippen molar-refractivity contribution in [2.24, 2.45) is 0 Å². The van der Waals surface area contributed by atoms with Gasteiger partial charge in [0.25, 0.3) is 0 Å². The normalized spacial score (nSPS) is 21.6. The SMILES string of the molecule is CC#CCN1CCOC(C(C)NC(=O)OC(C)(C)C)C1. The third kappa shape index (κ3) is 6.27. The van der Waals surface area contributed by atoms with Crippen molar-refractivity contribution in [3.63, 3.8) is 0 Å². The van der Waals surface area contributed by atoms with E-state index in [9.17, 15) is 4.79 Å². The molecule has 0 aromatic carbocycles. The Labute approximate surface area is 122 Å². The second kappa shape index (κ2) is 7.51. The summed E-state index contributed by atoms with van der Waals surface area (Å²) in [5.41, 5.74) is -0.486. The minimum atomic E-state index is -0.486. The van der Waals surface area contributed by atoms with Crippen molar-refractivity contribution in [2.75, 3.05) is 26.2 Å². The van der Waals surface area contributed by atoms with Gasteiger partial charge in [-0.15, -0.1) is 5.92 Å². The van der Waals surface area contributed by atoms with Gasteiger partial charge in [0, 0.05) is 13.1 Å². The van der Waals surface area contributed by atoms with Gasteiger partial charge in [0.2, 0.25) is 0 Å². The molecule has 1 amide bonds. The van der Waals surface area contributed by atoms with Crippen molar-refractivity contribution < 1.29 is 14.3 Å². The van der Waals surface area contributed by atoms with Crippen LogP contribution >= 0.6 is 0 Å². The summed E-state index contributed by atoms with van der Waals surface area (Å²) in [6.45, 7) is 12.4. The van der Waals surface area contributed by atoms with Crippen LogP contribution in [0.5, 0.6) is 0 Å². The number of amides is 1.